The first-order valence-corrected chi connectivity index (χ1v) is 5.25. The van der Waals surface area contributed by atoms with Crippen LogP contribution >= 0.6 is 0 Å². The van der Waals surface area contributed by atoms with Gasteiger partial charge in [0.1, 0.15) is 5.82 Å². The standard InChI is InChI=1S/C12H12FNO3/c1-17-12(16)8-6-10(15)14-11(8)7-4-2-3-5-9(7)13/h2-5,8,11H,6H2,1H3,(H,14,15). The van der Waals surface area contributed by atoms with Crippen LogP contribution in [0, 0.1) is 11.7 Å². The third-order valence-electron chi connectivity index (χ3n) is 2.87. The summed E-state index contributed by atoms with van der Waals surface area (Å²) in [4.78, 5) is 22.8. The number of esters is 1. The quantitative estimate of drug-likeness (QED) is 0.786. The summed E-state index contributed by atoms with van der Waals surface area (Å²) in [5.41, 5.74) is 0.314. The van der Waals surface area contributed by atoms with E-state index < -0.39 is 23.7 Å². The van der Waals surface area contributed by atoms with E-state index in [-0.39, 0.29) is 12.3 Å². The molecular weight excluding hydrogens is 225 g/mol. The van der Waals surface area contributed by atoms with Gasteiger partial charge in [0.2, 0.25) is 5.91 Å². The molecule has 0 saturated carbocycles. The Morgan fingerprint density at radius 3 is 2.82 bits per heavy atom. The Balaban J connectivity index is 2.33. The number of benzene rings is 1. The lowest BCUT2D eigenvalue weighted by Gasteiger charge is -2.17. The molecular formula is C12H12FNO3. The maximum absolute atomic E-state index is 13.6. The van der Waals surface area contributed by atoms with Crippen molar-refractivity contribution in [2.75, 3.05) is 7.11 Å². The first kappa shape index (κ1) is 11.6. The summed E-state index contributed by atoms with van der Waals surface area (Å²) in [5, 5.41) is 2.60. The first-order valence-electron chi connectivity index (χ1n) is 5.25. The highest BCUT2D eigenvalue weighted by Gasteiger charge is 2.40. The van der Waals surface area contributed by atoms with Crippen molar-refractivity contribution in [1.82, 2.24) is 5.32 Å². The zero-order valence-electron chi connectivity index (χ0n) is 9.27. The number of hydrogen-bond donors (Lipinski definition) is 1. The minimum absolute atomic E-state index is 0.0334. The second-order valence-electron chi connectivity index (χ2n) is 3.90. The van der Waals surface area contributed by atoms with Crippen LogP contribution in [0.2, 0.25) is 0 Å². The van der Waals surface area contributed by atoms with Crippen molar-refractivity contribution in [2.24, 2.45) is 5.92 Å². The highest BCUT2D eigenvalue weighted by atomic mass is 19.1. The van der Waals surface area contributed by atoms with Crippen molar-refractivity contribution in [3.8, 4) is 0 Å². The molecule has 0 spiro atoms. The molecule has 2 rings (SSSR count). The fraction of sp³-hybridized carbons (Fsp3) is 0.333. The molecule has 1 amide bonds. The van der Waals surface area contributed by atoms with Crippen LogP contribution in [-0.4, -0.2) is 19.0 Å². The number of carbonyl (C=O) groups is 2. The van der Waals surface area contributed by atoms with Gasteiger partial charge in [0.05, 0.1) is 19.1 Å². The monoisotopic (exact) mass is 237 g/mol. The molecule has 1 N–H and O–H groups in total. The van der Waals surface area contributed by atoms with Crippen molar-refractivity contribution < 1.29 is 18.7 Å². The fourth-order valence-electron chi connectivity index (χ4n) is 2.04. The zero-order chi connectivity index (χ0) is 12.4. The van der Waals surface area contributed by atoms with E-state index in [4.69, 9.17) is 0 Å². The average molecular weight is 237 g/mol. The molecule has 0 bridgehead atoms. The Hall–Kier alpha value is -1.91. The summed E-state index contributed by atoms with van der Waals surface area (Å²) in [6.07, 6.45) is 0.0334. The molecule has 1 saturated heterocycles. The number of ether oxygens (including phenoxy) is 1. The van der Waals surface area contributed by atoms with Crippen molar-refractivity contribution in [3.63, 3.8) is 0 Å². The summed E-state index contributed by atoms with van der Waals surface area (Å²) >= 11 is 0. The largest absolute Gasteiger partial charge is 0.469 e. The fourth-order valence-corrected chi connectivity index (χ4v) is 2.04. The predicted octanol–water partition coefficient (Wildman–Crippen LogP) is 1.18. The summed E-state index contributed by atoms with van der Waals surface area (Å²) in [5.74, 6) is -1.87. The highest BCUT2D eigenvalue weighted by Crippen LogP contribution is 2.32. The van der Waals surface area contributed by atoms with Crippen molar-refractivity contribution in [2.45, 2.75) is 12.5 Å². The predicted molar refractivity (Wildman–Crippen MR) is 57.4 cm³/mol. The Morgan fingerprint density at radius 2 is 2.18 bits per heavy atom. The lowest BCUT2D eigenvalue weighted by molar-refractivity contribution is -0.146. The SMILES string of the molecule is COC(=O)C1CC(=O)NC1c1ccccc1F. The van der Waals surface area contributed by atoms with Gasteiger partial charge in [0.25, 0.3) is 0 Å². The van der Waals surface area contributed by atoms with Gasteiger partial charge in [-0.15, -0.1) is 0 Å². The summed E-state index contributed by atoms with van der Waals surface area (Å²) in [6.45, 7) is 0. The van der Waals surface area contributed by atoms with Gasteiger partial charge < -0.3 is 10.1 Å². The molecule has 0 radical (unpaired) electrons. The molecule has 5 heteroatoms. The van der Waals surface area contributed by atoms with Crippen LogP contribution < -0.4 is 5.32 Å². The Labute approximate surface area is 97.8 Å². The van der Waals surface area contributed by atoms with Gasteiger partial charge in [-0.3, -0.25) is 9.59 Å². The van der Waals surface area contributed by atoms with Crippen molar-refractivity contribution >= 4 is 11.9 Å². The number of hydrogen-bond acceptors (Lipinski definition) is 3. The summed E-state index contributed by atoms with van der Waals surface area (Å²) < 4.78 is 18.2. The van der Waals surface area contributed by atoms with Gasteiger partial charge in [-0.2, -0.15) is 0 Å². The van der Waals surface area contributed by atoms with Crippen LogP contribution in [-0.2, 0) is 14.3 Å². The van der Waals surface area contributed by atoms with E-state index in [1.54, 1.807) is 18.2 Å². The van der Waals surface area contributed by atoms with Gasteiger partial charge in [-0.25, -0.2) is 4.39 Å². The molecule has 2 atom stereocenters. The molecule has 0 aliphatic carbocycles. The highest BCUT2D eigenvalue weighted by molar-refractivity contribution is 5.87. The van der Waals surface area contributed by atoms with Gasteiger partial charge in [-0.05, 0) is 6.07 Å². The topological polar surface area (TPSA) is 55.4 Å². The third-order valence-corrected chi connectivity index (χ3v) is 2.87. The lowest BCUT2D eigenvalue weighted by Crippen LogP contribution is -2.26. The molecule has 1 aliphatic heterocycles. The molecule has 17 heavy (non-hydrogen) atoms. The Morgan fingerprint density at radius 1 is 1.47 bits per heavy atom. The van der Waals surface area contributed by atoms with E-state index in [0.29, 0.717) is 5.56 Å². The van der Waals surface area contributed by atoms with Gasteiger partial charge in [0, 0.05) is 12.0 Å². The number of amides is 1. The maximum atomic E-state index is 13.6. The average Bonchev–Trinajstić information content (AvgIpc) is 2.71. The smallest absolute Gasteiger partial charge is 0.311 e. The number of nitrogens with one attached hydrogen (secondary N) is 1. The van der Waals surface area contributed by atoms with Gasteiger partial charge >= 0.3 is 5.97 Å². The van der Waals surface area contributed by atoms with Crippen LogP contribution in [0.1, 0.15) is 18.0 Å². The van der Waals surface area contributed by atoms with Gasteiger partial charge in [0.15, 0.2) is 0 Å². The molecule has 4 nitrogen and oxygen atoms in total. The van der Waals surface area contributed by atoms with E-state index in [1.807, 2.05) is 0 Å². The normalized spacial score (nSPS) is 23.3. The molecule has 1 heterocycles. The van der Waals surface area contributed by atoms with Crippen molar-refractivity contribution in [1.29, 1.82) is 0 Å². The number of rotatable bonds is 2. The second-order valence-corrected chi connectivity index (χ2v) is 3.90. The van der Waals surface area contributed by atoms with Crippen LogP contribution in [0.25, 0.3) is 0 Å². The minimum Gasteiger partial charge on any atom is -0.469 e. The molecule has 90 valence electrons. The van der Waals surface area contributed by atoms with Crippen LogP contribution in [0.5, 0.6) is 0 Å². The Bertz CT molecular complexity index is 461. The van der Waals surface area contributed by atoms with Crippen LogP contribution in [0.15, 0.2) is 24.3 Å². The molecule has 1 aromatic rings. The minimum atomic E-state index is -0.663. The molecule has 2 unspecified atom stereocenters. The number of carbonyl (C=O) groups excluding carboxylic acids is 2. The number of methoxy groups -OCH3 is 1. The molecule has 0 aromatic heterocycles. The second kappa shape index (κ2) is 4.53. The maximum Gasteiger partial charge on any atom is 0.311 e. The van der Waals surface area contributed by atoms with E-state index in [0.717, 1.165) is 0 Å². The summed E-state index contributed by atoms with van der Waals surface area (Å²) in [7, 11) is 1.25. The van der Waals surface area contributed by atoms with Crippen LogP contribution in [0.3, 0.4) is 0 Å². The number of halogens is 1. The van der Waals surface area contributed by atoms with Crippen molar-refractivity contribution in [3.05, 3.63) is 35.6 Å². The molecule has 1 aromatic carbocycles. The van der Waals surface area contributed by atoms with E-state index in [1.165, 1.54) is 13.2 Å². The molecule has 1 aliphatic rings. The molecule has 1 fully saturated rings. The summed E-state index contributed by atoms with van der Waals surface area (Å²) in [6, 6.07) is 5.44. The first-order chi connectivity index (χ1) is 8.13. The van der Waals surface area contributed by atoms with E-state index in [2.05, 4.69) is 10.1 Å². The van der Waals surface area contributed by atoms with E-state index in [9.17, 15) is 14.0 Å². The third kappa shape index (κ3) is 2.13. The van der Waals surface area contributed by atoms with Gasteiger partial charge in [-0.1, -0.05) is 18.2 Å². The van der Waals surface area contributed by atoms with E-state index >= 15 is 0 Å². The Kier molecular flexibility index (Phi) is 3.08. The lowest BCUT2D eigenvalue weighted by atomic mass is 9.94. The zero-order valence-corrected chi connectivity index (χ0v) is 9.27. The van der Waals surface area contributed by atoms with Crippen LogP contribution in [0.4, 0.5) is 4.39 Å².